The number of nitrogens with zero attached hydrogens (tertiary/aromatic N) is 2. The molecule has 0 bridgehead atoms. The fourth-order valence-electron chi connectivity index (χ4n) is 3.14. The molecule has 2 aromatic rings. The summed E-state index contributed by atoms with van der Waals surface area (Å²) in [5, 5.41) is 11.5. The van der Waals surface area contributed by atoms with Crippen LogP contribution in [0.1, 0.15) is 40.4 Å². The van der Waals surface area contributed by atoms with Gasteiger partial charge >= 0.3 is 0 Å². The first kappa shape index (κ1) is 16.7. The lowest BCUT2D eigenvalue weighted by Crippen LogP contribution is -2.39. The summed E-state index contributed by atoms with van der Waals surface area (Å²) in [6.07, 6.45) is 1.91. The summed E-state index contributed by atoms with van der Waals surface area (Å²) in [6, 6.07) is 18.4. The second kappa shape index (κ2) is 7.63. The first-order valence-electron chi connectivity index (χ1n) is 8.32. The Bertz CT molecular complexity index is 794. The normalized spacial score (nSPS) is 16.3. The van der Waals surface area contributed by atoms with Gasteiger partial charge in [-0.15, -0.1) is 0 Å². The highest BCUT2D eigenvalue weighted by Crippen LogP contribution is 2.31. The van der Waals surface area contributed by atoms with Crippen LogP contribution in [-0.2, 0) is 4.79 Å². The second-order valence-electron chi connectivity index (χ2n) is 6.03. The fourth-order valence-corrected chi connectivity index (χ4v) is 3.14. The number of benzene rings is 2. The molecule has 1 N–H and O–H groups in total. The summed E-state index contributed by atoms with van der Waals surface area (Å²) in [4.78, 5) is 26.5. The molecule has 1 atom stereocenters. The lowest BCUT2D eigenvalue weighted by molar-refractivity contribution is -0.131. The number of hydrogen-bond acceptors (Lipinski definition) is 3. The first-order chi connectivity index (χ1) is 12.2. The standard InChI is InChI=1S/C20H19N3O2/c21-13-15-8-10-17(11-9-15)20(25)22-14-19(24)23-12-4-7-18(23)16-5-2-1-3-6-16/h1-3,5-6,8-11,18H,4,7,12,14H2,(H,22,25)/t18-/m1/s1. The van der Waals surface area contributed by atoms with Crippen LogP contribution in [0.2, 0.25) is 0 Å². The number of nitriles is 1. The van der Waals surface area contributed by atoms with Gasteiger partial charge in [-0.2, -0.15) is 5.26 Å². The van der Waals surface area contributed by atoms with Crippen LogP contribution >= 0.6 is 0 Å². The van der Waals surface area contributed by atoms with Crippen molar-refractivity contribution in [1.29, 1.82) is 5.26 Å². The molecule has 0 spiro atoms. The predicted molar refractivity (Wildman–Crippen MR) is 93.6 cm³/mol. The van der Waals surface area contributed by atoms with Crippen molar-refractivity contribution in [2.45, 2.75) is 18.9 Å². The van der Waals surface area contributed by atoms with Crippen molar-refractivity contribution < 1.29 is 9.59 Å². The molecule has 0 saturated carbocycles. The lowest BCUT2D eigenvalue weighted by atomic mass is 10.0. The number of carbonyl (C=O) groups is 2. The maximum Gasteiger partial charge on any atom is 0.251 e. The van der Waals surface area contributed by atoms with Crippen molar-refractivity contribution in [3.8, 4) is 6.07 Å². The molecule has 126 valence electrons. The Kier molecular flexibility index (Phi) is 5.10. The van der Waals surface area contributed by atoms with Crippen LogP contribution in [0.15, 0.2) is 54.6 Å². The van der Waals surface area contributed by atoms with E-state index in [0.717, 1.165) is 18.4 Å². The molecule has 3 rings (SSSR count). The van der Waals surface area contributed by atoms with Crippen LogP contribution < -0.4 is 5.32 Å². The van der Waals surface area contributed by atoms with Crippen LogP contribution in [0.5, 0.6) is 0 Å². The minimum atomic E-state index is -0.312. The van der Waals surface area contributed by atoms with Crippen LogP contribution in [0.25, 0.3) is 0 Å². The van der Waals surface area contributed by atoms with Gasteiger partial charge in [0.1, 0.15) is 0 Å². The van der Waals surface area contributed by atoms with E-state index in [1.807, 2.05) is 41.3 Å². The Morgan fingerprint density at radius 2 is 1.84 bits per heavy atom. The summed E-state index contributed by atoms with van der Waals surface area (Å²) in [5.74, 6) is -0.387. The Balaban J connectivity index is 1.60. The van der Waals surface area contributed by atoms with Crippen LogP contribution in [0, 0.1) is 11.3 Å². The molecular weight excluding hydrogens is 314 g/mol. The van der Waals surface area contributed by atoms with Crippen LogP contribution in [0.4, 0.5) is 0 Å². The number of nitrogens with one attached hydrogen (secondary N) is 1. The molecule has 1 heterocycles. The average molecular weight is 333 g/mol. The van der Waals surface area contributed by atoms with Gasteiger partial charge in [-0.25, -0.2) is 0 Å². The largest absolute Gasteiger partial charge is 0.343 e. The Labute approximate surface area is 146 Å². The summed E-state index contributed by atoms with van der Waals surface area (Å²) in [7, 11) is 0. The van der Waals surface area contributed by atoms with E-state index in [2.05, 4.69) is 5.32 Å². The zero-order valence-corrected chi connectivity index (χ0v) is 13.8. The number of rotatable bonds is 4. The van der Waals surface area contributed by atoms with Crippen molar-refractivity contribution in [3.05, 3.63) is 71.3 Å². The zero-order valence-electron chi connectivity index (χ0n) is 13.8. The third-order valence-electron chi connectivity index (χ3n) is 4.43. The third-order valence-corrected chi connectivity index (χ3v) is 4.43. The minimum Gasteiger partial charge on any atom is -0.343 e. The third kappa shape index (κ3) is 3.86. The molecule has 2 aromatic carbocycles. The highest BCUT2D eigenvalue weighted by molar-refractivity contribution is 5.96. The number of hydrogen-bond donors (Lipinski definition) is 1. The van der Waals surface area contributed by atoms with Crippen molar-refractivity contribution in [3.63, 3.8) is 0 Å². The molecule has 0 unspecified atom stereocenters. The highest BCUT2D eigenvalue weighted by Gasteiger charge is 2.29. The molecule has 1 saturated heterocycles. The molecule has 1 aliphatic heterocycles. The van der Waals surface area contributed by atoms with Gasteiger partial charge < -0.3 is 10.2 Å². The maximum absolute atomic E-state index is 12.5. The SMILES string of the molecule is N#Cc1ccc(C(=O)NCC(=O)N2CCC[C@@H]2c2ccccc2)cc1. The quantitative estimate of drug-likeness (QED) is 0.935. The molecular formula is C20H19N3O2. The lowest BCUT2D eigenvalue weighted by Gasteiger charge is -2.25. The highest BCUT2D eigenvalue weighted by atomic mass is 16.2. The van der Waals surface area contributed by atoms with Crippen LogP contribution in [0.3, 0.4) is 0 Å². The summed E-state index contributed by atoms with van der Waals surface area (Å²) in [6.45, 7) is 0.688. The smallest absolute Gasteiger partial charge is 0.251 e. The fraction of sp³-hybridized carbons (Fsp3) is 0.250. The molecule has 0 aromatic heterocycles. The molecule has 25 heavy (non-hydrogen) atoms. The van der Waals surface area contributed by atoms with Gasteiger partial charge in [0.15, 0.2) is 0 Å². The van der Waals surface area contributed by atoms with Gasteiger partial charge in [0, 0.05) is 12.1 Å². The van der Waals surface area contributed by atoms with E-state index in [1.54, 1.807) is 24.3 Å². The number of carbonyl (C=O) groups excluding carboxylic acids is 2. The van der Waals surface area contributed by atoms with Crippen molar-refractivity contribution in [2.24, 2.45) is 0 Å². The predicted octanol–water partition coefficient (Wildman–Crippen LogP) is 2.65. The maximum atomic E-state index is 12.5. The van der Waals surface area contributed by atoms with E-state index in [9.17, 15) is 9.59 Å². The second-order valence-corrected chi connectivity index (χ2v) is 6.03. The van der Waals surface area contributed by atoms with Crippen molar-refractivity contribution in [2.75, 3.05) is 13.1 Å². The monoisotopic (exact) mass is 333 g/mol. The average Bonchev–Trinajstić information content (AvgIpc) is 3.16. The van der Waals surface area contributed by atoms with Gasteiger partial charge in [-0.05, 0) is 42.7 Å². The van der Waals surface area contributed by atoms with Gasteiger partial charge in [0.05, 0.1) is 24.2 Å². The Hall–Kier alpha value is -3.13. The summed E-state index contributed by atoms with van der Waals surface area (Å²) >= 11 is 0. The Morgan fingerprint density at radius 1 is 1.12 bits per heavy atom. The molecule has 0 aliphatic carbocycles. The van der Waals surface area contributed by atoms with Gasteiger partial charge in [0.2, 0.25) is 5.91 Å². The zero-order chi connectivity index (χ0) is 17.6. The van der Waals surface area contributed by atoms with E-state index in [1.165, 1.54) is 0 Å². The topological polar surface area (TPSA) is 73.2 Å². The van der Waals surface area contributed by atoms with E-state index < -0.39 is 0 Å². The molecule has 1 aliphatic rings. The van der Waals surface area contributed by atoms with E-state index >= 15 is 0 Å². The molecule has 1 fully saturated rings. The van der Waals surface area contributed by atoms with E-state index in [-0.39, 0.29) is 24.4 Å². The molecule has 5 heteroatoms. The minimum absolute atomic E-state index is 0.0256. The number of amides is 2. The summed E-state index contributed by atoms with van der Waals surface area (Å²) < 4.78 is 0. The van der Waals surface area contributed by atoms with Gasteiger partial charge in [-0.1, -0.05) is 30.3 Å². The molecule has 0 radical (unpaired) electrons. The van der Waals surface area contributed by atoms with Crippen LogP contribution in [-0.4, -0.2) is 29.8 Å². The van der Waals surface area contributed by atoms with Gasteiger partial charge in [0.25, 0.3) is 5.91 Å². The van der Waals surface area contributed by atoms with Crippen molar-refractivity contribution >= 4 is 11.8 Å². The van der Waals surface area contributed by atoms with Crippen molar-refractivity contribution in [1.82, 2.24) is 10.2 Å². The first-order valence-corrected chi connectivity index (χ1v) is 8.32. The van der Waals surface area contributed by atoms with E-state index in [0.29, 0.717) is 17.7 Å². The molecule has 5 nitrogen and oxygen atoms in total. The van der Waals surface area contributed by atoms with Gasteiger partial charge in [-0.3, -0.25) is 9.59 Å². The number of likely N-dealkylation sites (tertiary alicyclic amines) is 1. The van der Waals surface area contributed by atoms with E-state index in [4.69, 9.17) is 5.26 Å². The summed E-state index contributed by atoms with van der Waals surface area (Å²) in [5.41, 5.74) is 2.06. The molecule has 2 amide bonds. The Morgan fingerprint density at radius 3 is 2.52 bits per heavy atom.